The molecule has 1 aromatic heterocycles. The Morgan fingerprint density at radius 3 is 2.78 bits per heavy atom. The highest BCUT2D eigenvalue weighted by Crippen LogP contribution is 2.29. The topological polar surface area (TPSA) is 55.1 Å². The smallest absolute Gasteiger partial charge is 0.277 e. The second kappa shape index (κ2) is 8.01. The van der Waals surface area contributed by atoms with E-state index in [4.69, 9.17) is 4.52 Å². The van der Waals surface area contributed by atoms with Gasteiger partial charge in [-0.2, -0.15) is 0 Å². The summed E-state index contributed by atoms with van der Waals surface area (Å²) in [6, 6.07) is 15.9. The Labute approximate surface area is 163 Å². The third kappa shape index (κ3) is 3.93. The van der Waals surface area contributed by atoms with E-state index in [2.05, 4.69) is 35.6 Å². The fraction of sp³-hybridized carbons (Fsp3) is 0.273. The zero-order chi connectivity index (χ0) is 18.6. The van der Waals surface area contributed by atoms with E-state index in [-0.39, 0.29) is 5.91 Å². The van der Waals surface area contributed by atoms with Crippen LogP contribution in [0, 0.1) is 0 Å². The summed E-state index contributed by atoms with van der Waals surface area (Å²) in [4.78, 5) is 13.7. The largest absolute Gasteiger partial charge is 0.355 e. The van der Waals surface area contributed by atoms with Gasteiger partial charge in [0.1, 0.15) is 0 Å². The lowest BCUT2D eigenvalue weighted by atomic mass is 9.90. The van der Waals surface area contributed by atoms with Gasteiger partial charge in [-0.15, -0.1) is 11.8 Å². The molecular weight excluding hydrogens is 356 g/mol. The van der Waals surface area contributed by atoms with Gasteiger partial charge in [0.05, 0.1) is 5.69 Å². The van der Waals surface area contributed by atoms with Crippen molar-refractivity contribution in [1.82, 2.24) is 5.16 Å². The molecule has 1 heterocycles. The van der Waals surface area contributed by atoms with Crippen LogP contribution in [0.3, 0.4) is 0 Å². The first-order valence-electron chi connectivity index (χ1n) is 9.36. The summed E-state index contributed by atoms with van der Waals surface area (Å²) in [5, 5.41) is 6.93. The highest BCUT2D eigenvalue weighted by molar-refractivity contribution is 7.99. The fourth-order valence-electron chi connectivity index (χ4n) is 3.44. The van der Waals surface area contributed by atoms with Crippen molar-refractivity contribution in [2.24, 2.45) is 0 Å². The predicted octanol–water partition coefficient (Wildman–Crippen LogP) is 5.58. The van der Waals surface area contributed by atoms with E-state index in [9.17, 15) is 4.79 Å². The van der Waals surface area contributed by atoms with Crippen molar-refractivity contribution in [3.63, 3.8) is 0 Å². The molecule has 1 aliphatic carbocycles. The molecule has 27 heavy (non-hydrogen) atoms. The molecule has 5 heteroatoms. The van der Waals surface area contributed by atoms with Crippen LogP contribution in [0.2, 0.25) is 0 Å². The summed E-state index contributed by atoms with van der Waals surface area (Å²) in [5.74, 6) is 1.32. The van der Waals surface area contributed by atoms with Crippen LogP contribution in [-0.2, 0) is 12.8 Å². The third-order valence-electron chi connectivity index (χ3n) is 4.81. The zero-order valence-corrected chi connectivity index (χ0v) is 16.1. The van der Waals surface area contributed by atoms with E-state index in [0.717, 1.165) is 34.7 Å². The van der Waals surface area contributed by atoms with Gasteiger partial charge in [0.15, 0.2) is 11.5 Å². The van der Waals surface area contributed by atoms with Gasteiger partial charge in [-0.25, -0.2) is 0 Å². The molecule has 0 radical (unpaired) electrons. The second-order valence-corrected chi connectivity index (χ2v) is 7.96. The number of fused-ring (bicyclic) bond motifs is 1. The van der Waals surface area contributed by atoms with Crippen LogP contribution in [0.5, 0.6) is 0 Å². The lowest BCUT2D eigenvalue weighted by molar-refractivity contribution is 0.101. The van der Waals surface area contributed by atoms with Crippen LogP contribution >= 0.6 is 11.8 Å². The monoisotopic (exact) mass is 378 g/mol. The number of benzene rings is 2. The summed E-state index contributed by atoms with van der Waals surface area (Å²) in [6.07, 6.45) is 4.75. The number of carbonyl (C=O) groups excluding carboxylic acids is 1. The SMILES string of the molecule is CCSc1ccccc1NC(=O)c1cc(-c2ccc3c(c2)CCCC3)on1. The number of nitrogens with zero attached hydrogens (tertiary/aromatic N) is 1. The van der Waals surface area contributed by atoms with Crippen molar-refractivity contribution in [2.75, 3.05) is 11.1 Å². The Morgan fingerprint density at radius 2 is 1.93 bits per heavy atom. The summed E-state index contributed by atoms with van der Waals surface area (Å²) in [6.45, 7) is 2.09. The molecular formula is C22H22N2O2S. The number of aryl methyl sites for hydroxylation is 2. The van der Waals surface area contributed by atoms with Crippen molar-refractivity contribution in [3.8, 4) is 11.3 Å². The predicted molar refractivity (Wildman–Crippen MR) is 109 cm³/mol. The van der Waals surface area contributed by atoms with E-state index in [1.165, 1.54) is 24.0 Å². The molecule has 0 fully saturated rings. The molecule has 2 aromatic carbocycles. The summed E-state index contributed by atoms with van der Waals surface area (Å²) in [5.41, 5.74) is 4.87. The first-order chi connectivity index (χ1) is 13.2. The quantitative estimate of drug-likeness (QED) is 0.589. The second-order valence-electron chi connectivity index (χ2n) is 6.65. The van der Waals surface area contributed by atoms with Crippen molar-refractivity contribution in [1.29, 1.82) is 0 Å². The molecule has 0 bridgehead atoms. The van der Waals surface area contributed by atoms with Crippen LogP contribution in [0.25, 0.3) is 11.3 Å². The molecule has 0 spiro atoms. The Bertz CT molecular complexity index is 964. The Hall–Kier alpha value is -2.53. The Kier molecular flexibility index (Phi) is 5.30. The number of nitrogens with one attached hydrogen (secondary N) is 1. The molecule has 3 aromatic rings. The van der Waals surface area contributed by atoms with Gasteiger partial charge in [-0.05, 0) is 60.8 Å². The number of anilines is 1. The number of carbonyl (C=O) groups is 1. The number of hydrogen-bond acceptors (Lipinski definition) is 4. The minimum absolute atomic E-state index is 0.257. The van der Waals surface area contributed by atoms with Crippen molar-refractivity contribution in [3.05, 3.63) is 65.4 Å². The minimum Gasteiger partial charge on any atom is -0.355 e. The fourth-order valence-corrected chi connectivity index (χ4v) is 4.20. The molecule has 1 N–H and O–H groups in total. The number of rotatable bonds is 5. The van der Waals surface area contributed by atoms with Gasteiger partial charge in [0.25, 0.3) is 5.91 Å². The average molecular weight is 378 g/mol. The normalized spacial score (nSPS) is 13.2. The summed E-state index contributed by atoms with van der Waals surface area (Å²) in [7, 11) is 0. The van der Waals surface area contributed by atoms with Gasteiger partial charge in [0, 0.05) is 16.5 Å². The standard InChI is InChI=1S/C22H22N2O2S/c1-2-27-21-10-6-5-9-18(21)23-22(25)19-14-20(26-24-19)17-12-11-15-7-3-4-8-16(15)13-17/h5-6,9-14H,2-4,7-8H2,1H3,(H,23,25). The maximum absolute atomic E-state index is 12.6. The number of hydrogen-bond donors (Lipinski definition) is 1. The van der Waals surface area contributed by atoms with Crippen LogP contribution in [0.15, 0.2) is 57.9 Å². The first kappa shape index (κ1) is 17.9. The van der Waals surface area contributed by atoms with Crippen LogP contribution in [-0.4, -0.2) is 16.8 Å². The average Bonchev–Trinajstić information content (AvgIpc) is 3.20. The maximum Gasteiger partial charge on any atom is 0.277 e. The molecule has 4 nitrogen and oxygen atoms in total. The summed E-state index contributed by atoms with van der Waals surface area (Å²) < 4.78 is 5.46. The van der Waals surface area contributed by atoms with E-state index in [0.29, 0.717) is 11.5 Å². The molecule has 0 saturated heterocycles. The Balaban J connectivity index is 1.53. The molecule has 0 aliphatic heterocycles. The number of para-hydroxylation sites is 1. The summed E-state index contributed by atoms with van der Waals surface area (Å²) >= 11 is 1.70. The highest BCUT2D eigenvalue weighted by atomic mass is 32.2. The van der Waals surface area contributed by atoms with E-state index in [1.807, 2.05) is 24.3 Å². The lowest BCUT2D eigenvalue weighted by Gasteiger charge is -2.15. The number of aromatic nitrogens is 1. The minimum atomic E-state index is -0.257. The van der Waals surface area contributed by atoms with Crippen molar-refractivity contribution in [2.45, 2.75) is 37.5 Å². The third-order valence-corrected chi connectivity index (χ3v) is 5.77. The zero-order valence-electron chi connectivity index (χ0n) is 15.3. The molecule has 1 amide bonds. The van der Waals surface area contributed by atoms with Crippen LogP contribution in [0.1, 0.15) is 41.4 Å². The van der Waals surface area contributed by atoms with Crippen LogP contribution < -0.4 is 5.32 Å². The van der Waals surface area contributed by atoms with Gasteiger partial charge in [-0.3, -0.25) is 4.79 Å². The first-order valence-corrected chi connectivity index (χ1v) is 10.3. The molecule has 138 valence electrons. The molecule has 1 aliphatic rings. The maximum atomic E-state index is 12.6. The van der Waals surface area contributed by atoms with Gasteiger partial charge >= 0.3 is 0 Å². The van der Waals surface area contributed by atoms with E-state index < -0.39 is 0 Å². The molecule has 0 unspecified atom stereocenters. The highest BCUT2D eigenvalue weighted by Gasteiger charge is 2.17. The Morgan fingerprint density at radius 1 is 1.11 bits per heavy atom. The lowest BCUT2D eigenvalue weighted by Crippen LogP contribution is -2.12. The van der Waals surface area contributed by atoms with Gasteiger partial charge in [0.2, 0.25) is 0 Å². The van der Waals surface area contributed by atoms with Gasteiger partial charge < -0.3 is 9.84 Å². The molecule has 0 saturated carbocycles. The van der Waals surface area contributed by atoms with Crippen LogP contribution in [0.4, 0.5) is 5.69 Å². The van der Waals surface area contributed by atoms with E-state index >= 15 is 0 Å². The molecule has 0 atom stereocenters. The van der Waals surface area contributed by atoms with Crippen molar-refractivity contribution >= 4 is 23.4 Å². The van der Waals surface area contributed by atoms with Crippen molar-refractivity contribution < 1.29 is 9.32 Å². The number of amides is 1. The molecule has 4 rings (SSSR count). The van der Waals surface area contributed by atoms with Gasteiger partial charge in [-0.1, -0.05) is 36.3 Å². The van der Waals surface area contributed by atoms with E-state index in [1.54, 1.807) is 17.8 Å². The number of thioether (sulfide) groups is 1.